The molecule has 2 heterocycles. The van der Waals surface area contributed by atoms with Crippen LogP contribution in [0.25, 0.3) is 21.5 Å². The number of aromatic nitrogens is 2. The maximum Gasteiger partial charge on any atom is 0.123 e. The van der Waals surface area contributed by atoms with Crippen molar-refractivity contribution in [2.75, 3.05) is 27.7 Å². The van der Waals surface area contributed by atoms with Crippen molar-refractivity contribution in [3.8, 4) is 16.3 Å². The van der Waals surface area contributed by atoms with E-state index in [2.05, 4.69) is 65.9 Å². The largest absolute Gasteiger partial charge is 0.497 e. The highest BCUT2D eigenvalue weighted by Crippen LogP contribution is 2.29. The molecule has 0 fully saturated rings. The van der Waals surface area contributed by atoms with Crippen LogP contribution in [-0.4, -0.2) is 42.6 Å². The number of benzene rings is 2. The molecule has 0 saturated carbocycles. The lowest BCUT2D eigenvalue weighted by Crippen LogP contribution is -2.14. The fourth-order valence-corrected chi connectivity index (χ4v) is 4.15. The van der Waals surface area contributed by atoms with Crippen LogP contribution in [0.2, 0.25) is 0 Å². The van der Waals surface area contributed by atoms with Crippen molar-refractivity contribution in [2.45, 2.75) is 12.8 Å². The molecule has 0 atom stereocenters. The zero-order chi connectivity index (χ0) is 19.5. The highest BCUT2D eigenvalue weighted by Gasteiger charge is 2.10. The molecule has 0 radical (unpaired) electrons. The Hall–Kier alpha value is -2.63. The van der Waals surface area contributed by atoms with Gasteiger partial charge in [0, 0.05) is 41.0 Å². The Kier molecular flexibility index (Phi) is 5.46. The van der Waals surface area contributed by atoms with Crippen LogP contribution >= 0.6 is 11.3 Å². The lowest BCUT2D eigenvalue weighted by molar-refractivity contribution is 0.414. The van der Waals surface area contributed by atoms with E-state index in [-0.39, 0.29) is 0 Å². The third-order valence-corrected chi connectivity index (χ3v) is 5.88. The molecule has 28 heavy (non-hydrogen) atoms. The first-order chi connectivity index (χ1) is 13.6. The van der Waals surface area contributed by atoms with Gasteiger partial charge in [0.1, 0.15) is 10.8 Å². The second-order valence-electron chi connectivity index (χ2n) is 7.30. The highest BCUT2D eigenvalue weighted by atomic mass is 32.1. The topological polar surface area (TPSA) is 41.1 Å². The Labute approximate surface area is 169 Å². The summed E-state index contributed by atoms with van der Waals surface area (Å²) in [7, 11) is 5.91. The van der Waals surface area contributed by atoms with Crippen LogP contribution < -0.4 is 4.74 Å². The zero-order valence-corrected chi connectivity index (χ0v) is 17.3. The molecule has 0 bridgehead atoms. The van der Waals surface area contributed by atoms with Crippen LogP contribution in [-0.2, 0) is 12.8 Å². The van der Waals surface area contributed by atoms with E-state index in [1.165, 1.54) is 27.6 Å². The number of methoxy groups -OCH3 is 1. The van der Waals surface area contributed by atoms with Crippen molar-refractivity contribution in [3.05, 3.63) is 70.9 Å². The first-order valence-corrected chi connectivity index (χ1v) is 10.3. The summed E-state index contributed by atoms with van der Waals surface area (Å²) in [4.78, 5) is 10.5. The lowest BCUT2D eigenvalue weighted by Gasteiger charge is -2.08. The predicted molar refractivity (Wildman–Crippen MR) is 117 cm³/mol. The number of likely N-dealkylation sites (N-methyl/N-ethyl adjacent to an activating group) is 1. The standard InChI is InChI=1S/C23H25N3OS/c1-26(2)11-10-18-14-24-22-9-6-17(13-21(18)22)23-25-19(15-28-23)12-16-4-7-20(27-3)8-5-16/h4-9,13-15,24H,10-12H2,1-3H3. The zero-order valence-electron chi connectivity index (χ0n) is 16.5. The Morgan fingerprint density at radius 1 is 1.11 bits per heavy atom. The summed E-state index contributed by atoms with van der Waals surface area (Å²) in [6.07, 6.45) is 4.01. The van der Waals surface area contributed by atoms with Crippen LogP contribution in [0.1, 0.15) is 16.8 Å². The second-order valence-corrected chi connectivity index (χ2v) is 8.15. The molecule has 0 aliphatic rings. The van der Waals surface area contributed by atoms with Gasteiger partial charge in [0.05, 0.1) is 12.8 Å². The molecule has 0 unspecified atom stereocenters. The van der Waals surface area contributed by atoms with Gasteiger partial charge in [-0.1, -0.05) is 12.1 Å². The average Bonchev–Trinajstić information content (AvgIpc) is 3.33. The van der Waals surface area contributed by atoms with E-state index < -0.39 is 0 Å². The number of ether oxygens (including phenoxy) is 1. The van der Waals surface area contributed by atoms with E-state index in [1.54, 1.807) is 18.4 Å². The van der Waals surface area contributed by atoms with Gasteiger partial charge in [-0.2, -0.15) is 0 Å². The number of fused-ring (bicyclic) bond motifs is 1. The van der Waals surface area contributed by atoms with Crippen LogP contribution in [0.4, 0.5) is 0 Å². The molecule has 0 spiro atoms. The van der Waals surface area contributed by atoms with E-state index in [9.17, 15) is 0 Å². The van der Waals surface area contributed by atoms with Crippen LogP contribution in [0, 0.1) is 0 Å². The summed E-state index contributed by atoms with van der Waals surface area (Å²) in [6, 6.07) is 14.8. The number of hydrogen-bond donors (Lipinski definition) is 1. The highest BCUT2D eigenvalue weighted by molar-refractivity contribution is 7.13. The first-order valence-electron chi connectivity index (χ1n) is 9.45. The van der Waals surface area contributed by atoms with Crippen molar-refractivity contribution in [2.24, 2.45) is 0 Å². The fourth-order valence-electron chi connectivity index (χ4n) is 3.34. The molecule has 0 saturated heterocycles. The van der Waals surface area contributed by atoms with Crippen molar-refractivity contribution in [1.29, 1.82) is 0 Å². The Morgan fingerprint density at radius 3 is 2.68 bits per heavy atom. The quantitative estimate of drug-likeness (QED) is 0.482. The van der Waals surface area contributed by atoms with Crippen molar-refractivity contribution in [1.82, 2.24) is 14.9 Å². The third kappa shape index (κ3) is 4.11. The Balaban J connectivity index is 1.55. The molecule has 4 rings (SSSR count). The molecule has 4 aromatic rings. The first kappa shape index (κ1) is 18.7. The van der Waals surface area contributed by atoms with E-state index in [0.717, 1.165) is 35.8 Å². The normalized spacial score (nSPS) is 11.4. The minimum atomic E-state index is 0.834. The Bertz CT molecular complexity index is 1060. The minimum absolute atomic E-state index is 0.834. The van der Waals surface area contributed by atoms with Crippen LogP contribution in [0.15, 0.2) is 54.0 Å². The van der Waals surface area contributed by atoms with Crippen molar-refractivity contribution in [3.63, 3.8) is 0 Å². The summed E-state index contributed by atoms with van der Waals surface area (Å²) in [5.74, 6) is 0.882. The third-order valence-electron chi connectivity index (χ3n) is 4.94. The van der Waals surface area contributed by atoms with Gasteiger partial charge in [0.25, 0.3) is 0 Å². The number of rotatable bonds is 7. The predicted octanol–water partition coefficient (Wildman–Crippen LogP) is 4.99. The Morgan fingerprint density at radius 2 is 1.93 bits per heavy atom. The molecule has 1 N–H and O–H groups in total. The summed E-state index contributed by atoms with van der Waals surface area (Å²) in [6.45, 7) is 1.04. The van der Waals surface area contributed by atoms with Crippen LogP contribution in [0.5, 0.6) is 5.75 Å². The summed E-state index contributed by atoms with van der Waals surface area (Å²) in [5.41, 5.74) is 6.08. The summed E-state index contributed by atoms with van der Waals surface area (Å²) in [5, 5.41) is 4.53. The minimum Gasteiger partial charge on any atom is -0.497 e. The van der Waals surface area contributed by atoms with Gasteiger partial charge in [0.15, 0.2) is 0 Å². The molecular weight excluding hydrogens is 366 g/mol. The molecule has 0 aliphatic carbocycles. The van der Waals surface area contributed by atoms with Gasteiger partial charge in [0.2, 0.25) is 0 Å². The molecule has 2 aromatic heterocycles. The molecule has 4 nitrogen and oxygen atoms in total. The second kappa shape index (κ2) is 8.17. The molecule has 0 amide bonds. The van der Waals surface area contributed by atoms with E-state index >= 15 is 0 Å². The smallest absolute Gasteiger partial charge is 0.123 e. The average molecular weight is 392 g/mol. The molecule has 144 valence electrons. The maximum absolute atomic E-state index is 5.23. The van der Waals surface area contributed by atoms with Gasteiger partial charge < -0.3 is 14.6 Å². The number of nitrogens with zero attached hydrogens (tertiary/aromatic N) is 2. The van der Waals surface area contributed by atoms with Gasteiger partial charge in [-0.3, -0.25) is 0 Å². The maximum atomic E-state index is 5.23. The number of thiazole rings is 1. The SMILES string of the molecule is COc1ccc(Cc2csc(-c3ccc4[nH]cc(CCN(C)C)c4c3)n2)cc1. The molecule has 0 aliphatic heterocycles. The number of aromatic amines is 1. The summed E-state index contributed by atoms with van der Waals surface area (Å²) < 4.78 is 5.23. The fraction of sp³-hybridized carbons (Fsp3) is 0.261. The van der Waals surface area contributed by atoms with Crippen LogP contribution in [0.3, 0.4) is 0 Å². The summed E-state index contributed by atoms with van der Waals surface area (Å²) >= 11 is 1.71. The van der Waals surface area contributed by atoms with Gasteiger partial charge in [-0.15, -0.1) is 11.3 Å². The van der Waals surface area contributed by atoms with E-state index in [0.29, 0.717) is 0 Å². The van der Waals surface area contributed by atoms with Gasteiger partial charge >= 0.3 is 0 Å². The van der Waals surface area contributed by atoms with Crippen molar-refractivity contribution >= 4 is 22.2 Å². The van der Waals surface area contributed by atoms with Crippen molar-refractivity contribution < 1.29 is 4.74 Å². The van der Waals surface area contributed by atoms with E-state index in [4.69, 9.17) is 9.72 Å². The molecule has 2 aromatic carbocycles. The number of hydrogen-bond acceptors (Lipinski definition) is 4. The lowest BCUT2D eigenvalue weighted by atomic mass is 10.1. The van der Waals surface area contributed by atoms with E-state index in [1.807, 2.05) is 12.1 Å². The van der Waals surface area contributed by atoms with Gasteiger partial charge in [-0.05, 0) is 62.0 Å². The number of H-pyrrole nitrogens is 1. The van der Waals surface area contributed by atoms with Gasteiger partial charge in [-0.25, -0.2) is 4.98 Å². The molecular formula is C23H25N3OS. The number of nitrogens with one attached hydrogen (secondary N) is 1. The monoisotopic (exact) mass is 391 g/mol. The molecule has 5 heteroatoms.